The molecule has 1 aliphatic carbocycles. The first-order valence-electron chi connectivity index (χ1n) is 11.4. The second-order valence-corrected chi connectivity index (χ2v) is 9.51. The minimum atomic E-state index is -0.819. The molecule has 1 aliphatic heterocycles. The summed E-state index contributed by atoms with van der Waals surface area (Å²) in [6, 6.07) is 17.3. The lowest BCUT2D eigenvalue weighted by Gasteiger charge is -2.24. The molecular weight excluding hydrogens is 466 g/mol. The fraction of sp³-hybridized carbons (Fsp3) is 0.269. The lowest BCUT2D eigenvalue weighted by Crippen LogP contribution is -2.46. The van der Waals surface area contributed by atoms with Gasteiger partial charge in [0, 0.05) is 11.7 Å². The van der Waals surface area contributed by atoms with E-state index < -0.39 is 18.2 Å². The highest BCUT2D eigenvalue weighted by Crippen LogP contribution is 2.35. The molecule has 0 bridgehead atoms. The highest BCUT2D eigenvalue weighted by Gasteiger charge is 2.47. The van der Waals surface area contributed by atoms with Crippen molar-refractivity contribution in [1.82, 2.24) is 10.2 Å². The molecule has 9 heteroatoms. The van der Waals surface area contributed by atoms with Crippen LogP contribution in [-0.4, -0.2) is 42.0 Å². The highest BCUT2D eigenvalue weighted by molar-refractivity contribution is 7.12. The Morgan fingerprint density at radius 1 is 1.11 bits per heavy atom. The standard InChI is InChI=1S/C26H25N3O5S/c1-33-20-5-2-4-16(14-20)15-29-22(25(31)28-19-11-12-19)23(34-26(29)32)17-7-9-18(10-8-17)27-24(30)21-6-3-13-35-21/h2-10,13-14,19,22-23H,11-12,15H2,1H3,(H,27,30)(H,28,31). The Morgan fingerprint density at radius 2 is 1.91 bits per heavy atom. The summed E-state index contributed by atoms with van der Waals surface area (Å²) in [7, 11) is 1.58. The summed E-state index contributed by atoms with van der Waals surface area (Å²) >= 11 is 1.36. The zero-order chi connectivity index (χ0) is 24.4. The molecule has 2 heterocycles. The van der Waals surface area contributed by atoms with Crippen molar-refractivity contribution in [1.29, 1.82) is 0 Å². The third-order valence-electron chi connectivity index (χ3n) is 6.01. The van der Waals surface area contributed by atoms with Gasteiger partial charge in [-0.2, -0.15) is 0 Å². The number of hydrogen-bond acceptors (Lipinski definition) is 6. The van der Waals surface area contributed by atoms with Crippen LogP contribution >= 0.6 is 11.3 Å². The average Bonchev–Trinajstić information content (AvgIpc) is 3.38. The molecular formula is C26H25N3O5S. The average molecular weight is 492 g/mol. The number of amides is 3. The number of thiophene rings is 1. The van der Waals surface area contributed by atoms with Gasteiger partial charge >= 0.3 is 6.09 Å². The molecule has 35 heavy (non-hydrogen) atoms. The monoisotopic (exact) mass is 491 g/mol. The molecule has 0 spiro atoms. The second-order valence-electron chi connectivity index (χ2n) is 8.56. The van der Waals surface area contributed by atoms with E-state index >= 15 is 0 Å². The second kappa shape index (κ2) is 9.79. The predicted octanol–water partition coefficient (Wildman–Crippen LogP) is 4.35. The van der Waals surface area contributed by atoms with Crippen molar-refractivity contribution < 1.29 is 23.9 Å². The van der Waals surface area contributed by atoms with Gasteiger partial charge in [0.05, 0.1) is 18.5 Å². The molecule has 5 rings (SSSR count). The van der Waals surface area contributed by atoms with Crippen molar-refractivity contribution in [2.75, 3.05) is 12.4 Å². The Morgan fingerprint density at radius 3 is 2.60 bits per heavy atom. The first-order valence-corrected chi connectivity index (χ1v) is 12.2. The van der Waals surface area contributed by atoms with Crippen molar-refractivity contribution in [3.05, 3.63) is 82.0 Å². The molecule has 8 nitrogen and oxygen atoms in total. The van der Waals surface area contributed by atoms with E-state index in [4.69, 9.17) is 9.47 Å². The molecule has 2 unspecified atom stereocenters. The van der Waals surface area contributed by atoms with Crippen LogP contribution in [0.15, 0.2) is 66.0 Å². The molecule has 1 aromatic heterocycles. The summed E-state index contributed by atoms with van der Waals surface area (Å²) in [5, 5.41) is 7.71. The van der Waals surface area contributed by atoms with Crippen LogP contribution in [0, 0.1) is 0 Å². The fourth-order valence-corrected chi connectivity index (χ4v) is 4.67. The Hall–Kier alpha value is -3.85. The van der Waals surface area contributed by atoms with Gasteiger partial charge in [0.25, 0.3) is 5.91 Å². The molecule has 2 fully saturated rings. The molecule has 3 amide bonds. The minimum absolute atomic E-state index is 0.146. The number of cyclic esters (lactones) is 1. The van der Waals surface area contributed by atoms with Gasteiger partial charge in [-0.25, -0.2) is 4.79 Å². The quantitative estimate of drug-likeness (QED) is 0.488. The lowest BCUT2D eigenvalue weighted by atomic mass is 10.00. The van der Waals surface area contributed by atoms with Gasteiger partial charge in [-0.15, -0.1) is 11.3 Å². The molecule has 1 saturated heterocycles. The molecule has 0 radical (unpaired) electrons. The van der Waals surface area contributed by atoms with Gasteiger partial charge in [0.2, 0.25) is 5.91 Å². The first kappa shape index (κ1) is 22.9. The van der Waals surface area contributed by atoms with Gasteiger partial charge < -0.3 is 20.1 Å². The highest BCUT2D eigenvalue weighted by atomic mass is 32.1. The summed E-state index contributed by atoms with van der Waals surface area (Å²) in [6.45, 7) is 0.213. The number of rotatable bonds is 8. The number of hydrogen-bond donors (Lipinski definition) is 2. The molecule has 2 N–H and O–H groups in total. The zero-order valence-corrected chi connectivity index (χ0v) is 19.9. The van der Waals surface area contributed by atoms with Crippen molar-refractivity contribution in [3.8, 4) is 5.75 Å². The van der Waals surface area contributed by atoms with Crippen molar-refractivity contribution >= 4 is 34.9 Å². The van der Waals surface area contributed by atoms with Gasteiger partial charge in [-0.05, 0) is 59.7 Å². The number of carbonyl (C=O) groups excluding carboxylic acids is 3. The van der Waals surface area contributed by atoms with E-state index in [2.05, 4.69) is 10.6 Å². The van der Waals surface area contributed by atoms with E-state index in [0.29, 0.717) is 21.9 Å². The molecule has 1 saturated carbocycles. The first-order chi connectivity index (χ1) is 17.0. The maximum atomic E-state index is 13.2. The summed E-state index contributed by atoms with van der Waals surface area (Å²) in [6.07, 6.45) is 0.552. The van der Waals surface area contributed by atoms with E-state index in [9.17, 15) is 14.4 Å². The Balaban J connectivity index is 1.37. The van der Waals surface area contributed by atoms with E-state index in [1.165, 1.54) is 16.2 Å². The predicted molar refractivity (Wildman–Crippen MR) is 131 cm³/mol. The van der Waals surface area contributed by atoms with Crippen LogP contribution in [0.25, 0.3) is 0 Å². The summed E-state index contributed by atoms with van der Waals surface area (Å²) < 4.78 is 11.0. The lowest BCUT2D eigenvalue weighted by molar-refractivity contribution is -0.126. The summed E-state index contributed by atoms with van der Waals surface area (Å²) in [5.74, 6) is 0.248. The van der Waals surface area contributed by atoms with Crippen LogP contribution in [0.3, 0.4) is 0 Å². The molecule has 3 aromatic rings. The number of methoxy groups -OCH3 is 1. The topological polar surface area (TPSA) is 97.0 Å². The molecule has 2 atom stereocenters. The number of benzene rings is 2. The molecule has 2 aliphatic rings. The molecule has 180 valence electrons. The molecule has 2 aromatic carbocycles. The number of ether oxygens (including phenoxy) is 2. The van der Waals surface area contributed by atoms with Crippen LogP contribution in [0.2, 0.25) is 0 Å². The number of nitrogens with zero attached hydrogens (tertiary/aromatic N) is 1. The minimum Gasteiger partial charge on any atom is -0.497 e. The Kier molecular flexibility index (Phi) is 6.41. The number of anilines is 1. The maximum absolute atomic E-state index is 13.2. The Labute approximate surface area is 206 Å². The smallest absolute Gasteiger partial charge is 0.411 e. The van der Waals surface area contributed by atoms with Gasteiger partial charge in [0.15, 0.2) is 12.1 Å². The summed E-state index contributed by atoms with van der Waals surface area (Å²) in [5.41, 5.74) is 2.12. The number of nitrogens with one attached hydrogen (secondary N) is 2. The van der Waals surface area contributed by atoms with Gasteiger partial charge in [-0.1, -0.05) is 30.3 Å². The van der Waals surface area contributed by atoms with Crippen LogP contribution < -0.4 is 15.4 Å². The van der Waals surface area contributed by atoms with Gasteiger partial charge in [-0.3, -0.25) is 14.5 Å². The van der Waals surface area contributed by atoms with Crippen molar-refractivity contribution in [2.45, 2.75) is 37.6 Å². The summed E-state index contributed by atoms with van der Waals surface area (Å²) in [4.78, 5) is 40.6. The third-order valence-corrected chi connectivity index (χ3v) is 6.87. The van der Waals surface area contributed by atoms with Crippen LogP contribution in [0.5, 0.6) is 5.75 Å². The van der Waals surface area contributed by atoms with Crippen LogP contribution in [0.1, 0.15) is 39.7 Å². The van der Waals surface area contributed by atoms with E-state index in [0.717, 1.165) is 18.4 Å². The fourth-order valence-electron chi connectivity index (χ4n) is 4.05. The largest absolute Gasteiger partial charge is 0.497 e. The SMILES string of the molecule is COc1cccc(CN2C(=O)OC(c3ccc(NC(=O)c4cccs4)cc3)C2C(=O)NC2CC2)c1. The van der Waals surface area contributed by atoms with Crippen molar-refractivity contribution in [3.63, 3.8) is 0 Å². The number of carbonyl (C=O) groups is 3. The van der Waals surface area contributed by atoms with E-state index in [1.807, 2.05) is 35.7 Å². The van der Waals surface area contributed by atoms with Crippen molar-refractivity contribution in [2.24, 2.45) is 0 Å². The third kappa shape index (κ3) is 5.14. The van der Waals surface area contributed by atoms with Crippen LogP contribution in [0.4, 0.5) is 10.5 Å². The normalized spacial score (nSPS) is 19.2. The van der Waals surface area contributed by atoms with E-state index in [1.54, 1.807) is 37.4 Å². The Bertz CT molecular complexity index is 1220. The van der Waals surface area contributed by atoms with Crippen LogP contribution in [-0.2, 0) is 16.1 Å². The van der Waals surface area contributed by atoms with E-state index in [-0.39, 0.29) is 24.4 Å². The van der Waals surface area contributed by atoms with Gasteiger partial charge in [0.1, 0.15) is 5.75 Å². The maximum Gasteiger partial charge on any atom is 0.411 e. The zero-order valence-electron chi connectivity index (χ0n) is 19.1.